The van der Waals surface area contributed by atoms with Crippen LogP contribution in [0.1, 0.15) is 11.5 Å². The van der Waals surface area contributed by atoms with Crippen molar-refractivity contribution in [2.75, 3.05) is 14.2 Å². The quantitative estimate of drug-likeness (QED) is 0.416. The molecule has 2 aromatic carbocycles. The number of thioether (sulfide) groups is 1. The number of ether oxygens (including phenoxy) is 2. The summed E-state index contributed by atoms with van der Waals surface area (Å²) in [6.45, 7) is 1.90. The number of hydrogen-bond acceptors (Lipinski definition) is 7. The monoisotopic (exact) mass is 408 g/mol. The van der Waals surface area contributed by atoms with Gasteiger partial charge in [-0.15, -0.1) is 10.2 Å². The van der Waals surface area contributed by atoms with Crippen molar-refractivity contribution in [3.63, 3.8) is 0 Å². The molecule has 0 fully saturated rings. The lowest BCUT2D eigenvalue weighted by atomic mass is 10.2. The van der Waals surface area contributed by atoms with Crippen LogP contribution >= 0.6 is 11.8 Å². The van der Waals surface area contributed by atoms with Gasteiger partial charge in [0.25, 0.3) is 0 Å². The summed E-state index contributed by atoms with van der Waals surface area (Å²) < 4.78 is 18.2. The van der Waals surface area contributed by atoms with Crippen molar-refractivity contribution >= 4 is 11.8 Å². The van der Waals surface area contributed by atoms with E-state index < -0.39 is 0 Å². The molecule has 4 aromatic rings. The molecule has 0 saturated carbocycles. The van der Waals surface area contributed by atoms with Crippen molar-refractivity contribution in [2.45, 2.75) is 17.8 Å². The minimum atomic E-state index is 0.598. The van der Waals surface area contributed by atoms with Crippen LogP contribution in [0.3, 0.4) is 0 Å². The van der Waals surface area contributed by atoms with Crippen LogP contribution in [0.15, 0.2) is 64.3 Å². The second kappa shape index (κ2) is 8.40. The third-order valence-electron chi connectivity index (χ3n) is 4.33. The average Bonchev–Trinajstić information content (AvgIpc) is 3.38. The van der Waals surface area contributed by atoms with Crippen molar-refractivity contribution in [1.29, 1.82) is 0 Å². The number of nitrogens with zero attached hydrogens (tertiary/aromatic N) is 4. The highest BCUT2D eigenvalue weighted by atomic mass is 32.2. The molecule has 0 atom stereocenters. The first-order chi connectivity index (χ1) is 14.2. The summed E-state index contributed by atoms with van der Waals surface area (Å²) >= 11 is 1.53. The first kappa shape index (κ1) is 19.1. The Hall–Kier alpha value is -3.26. The normalized spacial score (nSPS) is 10.9. The van der Waals surface area contributed by atoms with Crippen LogP contribution in [-0.4, -0.2) is 34.1 Å². The molecular formula is C21H20N4O3S. The Morgan fingerprint density at radius 2 is 1.79 bits per heavy atom. The molecule has 0 aliphatic rings. The summed E-state index contributed by atoms with van der Waals surface area (Å²) in [5.41, 5.74) is 2.64. The highest BCUT2D eigenvalue weighted by molar-refractivity contribution is 7.98. The van der Waals surface area contributed by atoms with Gasteiger partial charge in [-0.2, -0.15) is 0 Å². The molecule has 2 heterocycles. The van der Waals surface area contributed by atoms with E-state index in [1.165, 1.54) is 11.8 Å². The summed E-state index contributed by atoms with van der Waals surface area (Å²) in [7, 11) is 3.30. The van der Waals surface area contributed by atoms with E-state index in [0.29, 0.717) is 11.6 Å². The van der Waals surface area contributed by atoms with Gasteiger partial charge in [-0.25, -0.2) is 0 Å². The number of methoxy groups -OCH3 is 2. The predicted molar refractivity (Wildman–Crippen MR) is 111 cm³/mol. The molecular weight excluding hydrogens is 388 g/mol. The zero-order chi connectivity index (χ0) is 20.2. The van der Waals surface area contributed by atoms with Gasteiger partial charge in [0.15, 0.2) is 11.0 Å². The fourth-order valence-electron chi connectivity index (χ4n) is 2.95. The smallest absolute Gasteiger partial charge is 0.196 e. The summed E-state index contributed by atoms with van der Waals surface area (Å²) in [6.07, 6.45) is 0. The lowest BCUT2D eigenvalue weighted by Gasteiger charge is -2.12. The van der Waals surface area contributed by atoms with Crippen LogP contribution in [-0.2, 0) is 5.75 Å². The maximum absolute atomic E-state index is 5.54. The number of benzene rings is 2. The number of aryl methyl sites for hydroxylation is 1. The minimum Gasteiger partial charge on any atom is -0.497 e. The maximum atomic E-state index is 5.54. The Bertz CT molecular complexity index is 1110. The molecule has 0 bridgehead atoms. The molecule has 8 heteroatoms. The fraction of sp³-hybridized carbons (Fsp3) is 0.190. The van der Waals surface area contributed by atoms with Crippen LogP contribution in [0, 0.1) is 6.92 Å². The molecule has 0 radical (unpaired) electrons. The molecule has 148 valence electrons. The summed E-state index contributed by atoms with van der Waals surface area (Å²) in [4.78, 5) is 0. The van der Waals surface area contributed by atoms with Crippen LogP contribution in [0.2, 0.25) is 0 Å². The van der Waals surface area contributed by atoms with Gasteiger partial charge in [0.05, 0.1) is 36.9 Å². The second-order valence-corrected chi connectivity index (χ2v) is 7.21. The van der Waals surface area contributed by atoms with Crippen molar-refractivity contribution in [3.8, 4) is 28.6 Å². The Balaban J connectivity index is 1.77. The molecule has 4 rings (SSSR count). The Labute approximate surface area is 172 Å². The Kier molecular flexibility index (Phi) is 5.53. The highest BCUT2D eigenvalue weighted by Crippen LogP contribution is 2.34. The molecule has 7 nitrogen and oxygen atoms in total. The summed E-state index contributed by atoms with van der Waals surface area (Å²) in [5.74, 6) is 3.60. The molecule has 0 spiro atoms. The van der Waals surface area contributed by atoms with Crippen molar-refractivity contribution in [2.24, 2.45) is 0 Å². The fourth-order valence-corrected chi connectivity index (χ4v) is 3.78. The van der Waals surface area contributed by atoms with Gasteiger partial charge in [-0.1, -0.05) is 29.1 Å². The zero-order valence-corrected chi connectivity index (χ0v) is 17.1. The van der Waals surface area contributed by atoms with Crippen LogP contribution in [0.5, 0.6) is 11.5 Å². The maximum Gasteiger partial charge on any atom is 0.196 e. The van der Waals surface area contributed by atoms with Gasteiger partial charge in [0.1, 0.15) is 17.3 Å². The number of para-hydroxylation sites is 1. The number of hydrogen-bond donors (Lipinski definition) is 0. The SMILES string of the molecule is COc1ccc(-n2c(SCc3cc(C)no3)nnc2-c2ccccc2OC)cc1. The van der Waals surface area contributed by atoms with E-state index in [4.69, 9.17) is 14.0 Å². The Morgan fingerprint density at radius 1 is 1.00 bits per heavy atom. The lowest BCUT2D eigenvalue weighted by Crippen LogP contribution is -2.01. The van der Waals surface area contributed by atoms with E-state index in [2.05, 4.69) is 15.4 Å². The van der Waals surface area contributed by atoms with Crippen LogP contribution < -0.4 is 9.47 Å². The third-order valence-corrected chi connectivity index (χ3v) is 5.28. The molecule has 0 saturated heterocycles. The van der Waals surface area contributed by atoms with Gasteiger partial charge < -0.3 is 14.0 Å². The summed E-state index contributed by atoms with van der Waals surface area (Å²) in [6, 6.07) is 17.5. The highest BCUT2D eigenvalue weighted by Gasteiger charge is 2.19. The van der Waals surface area contributed by atoms with E-state index >= 15 is 0 Å². The first-order valence-electron chi connectivity index (χ1n) is 8.98. The zero-order valence-electron chi connectivity index (χ0n) is 16.3. The standard InChI is InChI=1S/C21H20N4O3S/c1-14-12-17(28-24-14)13-29-21-23-22-20(18-6-4-5-7-19(18)27-3)25(21)15-8-10-16(26-2)11-9-15/h4-12H,13H2,1-3H3. The average molecular weight is 408 g/mol. The molecule has 0 aliphatic heterocycles. The predicted octanol–water partition coefficient (Wildman–Crippen LogP) is 4.54. The molecule has 29 heavy (non-hydrogen) atoms. The second-order valence-electron chi connectivity index (χ2n) is 6.26. The van der Waals surface area contributed by atoms with Gasteiger partial charge >= 0.3 is 0 Å². The number of rotatable bonds is 7. The van der Waals surface area contributed by atoms with Gasteiger partial charge in [0, 0.05) is 6.07 Å². The summed E-state index contributed by atoms with van der Waals surface area (Å²) in [5, 5.41) is 13.6. The molecule has 0 N–H and O–H groups in total. The van der Waals surface area contributed by atoms with E-state index in [9.17, 15) is 0 Å². The topological polar surface area (TPSA) is 75.2 Å². The Morgan fingerprint density at radius 3 is 2.48 bits per heavy atom. The minimum absolute atomic E-state index is 0.598. The van der Waals surface area contributed by atoms with E-state index in [-0.39, 0.29) is 0 Å². The van der Waals surface area contributed by atoms with Crippen molar-refractivity contribution in [1.82, 2.24) is 19.9 Å². The molecule has 2 aromatic heterocycles. The van der Waals surface area contributed by atoms with Crippen LogP contribution in [0.25, 0.3) is 17.1 Å². The third kappa shape index (κ3) is 3.97. The van der Waals surface area contributed by atoms with E-state index in [1.807, 2.05) is 66.1 Å². The van der Waals surface area contributed by atoms with Gasteiger partial charge in [-0.3, -0.25) is 4.57 Å². The van der Waals surface area contributed by atoms with Crippen LogP contribution in [0.4, 0.5) is 0 Å². The van der Waals surface area contributed by atoms with Gasteiger partial charge in [0.2, 0.25) is 0 Å². The van der Waals surface area contributed by atoms with Crippen molar-refractivity contribution in [3.05, 3.63) is 66.1 Å². The van der Waals surface area contributed by atoms with Crippen molar-refractivity contribution < 1.29 is 14.0 Å². The first-order valence-corrected chi connectivity index (χ1v) is 9.96. The number of aromatic nitrogens is 4. The van der Waals surface area contributed by atoms with E-state index in [1.54, 1.807) is 14.2 Å². The molecule has 0 amide bonds. The lowest BCUT2D eigenvalue weighted by molar-refractivity contribution is 0.391. The van der Waals surface area contributed by atoms with Gasteiger partial charge in [-0.05, 0) is 43.3 Å². The molecule has 0 unspecified atom stereocenters. The largest absolute Gasteiger partial charge is 0.497 e. The van der Waals surface area contributed by atoms with E-state index in [0.717, 1.165) is 39.4 Å². The molecule has 0 aliphatic carbocycles.